The Morgan fingerprint density at radius 1 is 1.00 bits per heavy atom. The maximum atomic E-state index is 2.52. The summed E-state index contributed by atoms with van der Waals surface area (Å²) in [7, 11) is 0.792. The van der Waals surface area contributed by atoms with E-state index in [1.54, 1.807) is 10.8 Å². The molecule has 0 atom stereocenters. The van der Waals surface area contributed by atoms with Gasteiger partial charge in [-0.05, 0) is 54.0 Å². The van der Waals surface area contributed by atoms with Gasteiger partial charge in [0.25, 0.3) is 0 Å². The standard InChI is InChI=1S/C24H38NSi/c1-10-19(11-2)22-16-25(6)23(15-24(22)26(7,8)9)21-14-20(17(3)4)13-12-18(21)5/h12-17,19H,10-11H2,1-9H3/q+1. The van der Waals surface area contributed by atoms with Crippen molar-refractivity contribution in [3.05, 3.63) is 47.2 Å². The van der Waals surface area contributed by atoms with Crippen molar-refractivity contribution in [1.29, 1.82) is 0 Å². The van der Waals surface area contributed by atoms with E-state index in [-0.39, 0.29) is 0 Å². The average Bonchev–Trinajstić information content (AvgIpc) is 2.55. The number of benzene rings is 1. The van der Waals surface area contributed by atoms with Crippen LogP contribution in [0.1, 0.15) is 69.1 Å². The lowest BCUT2D eigenvalue weighted by Gasteiger charge is -2.25. The highest BCUT2D eigenvalue weighted by atomic mass is 28.3. The summed E-state index contributed by atoms with van der Waals surface area (Å²) in [6.07, 6.45) is 4.87. The molecular weight excluding hydrogens is 330 g/mol. The van der Waals surface area contributed by atoms with Gasteiger partial charge in [-0.15, -0.1) is 0 Å². The first-order valence-corrected chi connectivity index (χ1v) is 13.7. The Labute approximate surface area is 162 Å². The van der Waals surface area contributed by atoms with E-state index < -0.39 is 8.07 Å². The van der Waals surface area contributed by atoms with E-state index in [2.05, 4.69) is 96.3 Å². The molecule has 1 aromatic carbocycles. The smallest absolute Gasteiger partial charge is 0.201 e. The highest BCUT2D eigenvalue weighted by Gasteiger charge is 2.28. The van der Waals surface area contributed by atoms with Crippen LogP contribution in [0.3, 0.4) is 0 Å². The first kappa shape index (κ1) is 20.9. The Hall–Kier alpha value is -1.41. The Bertz CT molecular complexity index is 765. The van der Waals surface area contributed by atoms with Crippen LogP contribution in [0.5, 0.6) is 0 Å². The van der Waals surface area contributed by atoms with Crippen LogP contribution in [0.4, 0.5) is 0 Å². The number of rotatable bonds is 6. The molecule has 0 saturated heterocycles. The highest BCUT2D eigenvalue weighted by Crippen LogP contribution is 2.28. The number of hydrogen-bond acceptors (Lipinski definition) is 0. The van der Waals surface area contributed by atoms with Gasteiger partial charge in [0.2, 0.25) is 5.69 Å². The molecule has 0 aliphatic carbocycles. The second-order valence-electron chi connectivity index (χ2n) is 9.13. The zero-order valence-corrected chi connectivity index (χ0v) is 19.4. The zero-order valence-electron chi connectivity index (χ0n) is 18.4. The monoisotopic (exact) mass is 368 g/mol. The van der Waals surface area contributed by atoms with Gasteiger partial charge in [0, 0.05) is 17.2 Å². The summed E-state index contributed by atoms with van der Waals surface area (Å²) in [5.41, 5.74) is 7.11. The highest BCUT2D eigenvalue weighted by molar-refractivity contribution is 6.89. The summed E-state index contributed by atoms with van der Waals surface area (Å²) in [5, 5.41) is 1.63. The molecular formula is C24H38NSi+. The molecule has 142 valence electrons. The minimum atomic E-state index is -1.43. The molecule has 0 fully saturated rings. The molecule has 0 saturated carbocycles. The summed E-state index contributed by atoms with van der Waals surface area (Å²) in [4.78, 5) is 0. The van der Waals surface area contributed by atoms with Crippen molar-refractivity contribution in [1.82, 2.24) is 0 Å². The van der Waals surface area contributed by atoms with E-state index in [0.29, 0.717) is 11.8 Å². The molecule has 0 aliphatic rings. The van der Waals surface area contributed by atoms with Crippen molar-refractivity contribution in [2.24, 2.45) is 7.05 Å². The fraction of sp³-hybridized carbons (Fsp3) is 0.542. The molecule has 0 unspecified atom stereocenters. The predicted octanol–water partition coefficient (Wildman–Crippen LogP) is 6.06. The van der Waals surface area contributed by atoms with E-state index in [9.17, 15) is 0 Å². The van der Waals surface area contributed by atoms with Crippen LogP contribution in [0.15, 0.2) is 30.5 Å². The van der Waals surface area contributed by atoms with Crippen molar-refractivity contribution in [3.8, 4) is 11.3 Å². The van der Waals surface area contributed by atoms with Crippen molar-refractivity contribution < 1.29 is 4.57 Å². The fourth-order valence-corrected chi connectivity index (χ4v) is 5.62. The summed E-state index contributed by atoms with van der Waals surface area (Å²) >= 11 is 0. The molecule has 1 aromatic heterocycles. The second kappa shape index (κ2) is 8.08. The molecule has 2 aromatic rings. The number of hydrogen-bond donors (Lipinski definition) is 0. The van der Waals surface area contributed by atoms with Crippen molar-refractivity contribution in [2.45, 2.75) is 78.9 Å². The van der Waals surface area contributed by atoms with Gasteiger partial charge in [-0.25, -0.2) is 4.57 Å². The molecule has 2 heteroatoms. The number of aromatic nitrogens is 1. The van der Waals surface area contributed by atoms with Crippen LogP contribution in [0.25, 0.3) is 11.3 Å². The van der Waals surface area contributed by atoms with Crippen molar-refractivity contribution >= 4 is 13.3 Å². The third-order valence-corrected chi connectivity index (χ3v) is 7.79. The van der Waals surface area contributed by atoms with Crippen molar-refractivity contribution in [3.63, 3.8) is 0 Å². The molecule has 0 radical (unpaired) electrons. The summed E-state index contributed by atoms with van der Waals surface area (Å²) in [6, 6.07) is 9.49. The summed E-state index contributed by atoms with van der Waals surface area (Å²) < 4.78 is 2.36. The summed E-state index contributed by atoms with van der Waals surface area (Å²) in [5.74, 6) is 1.22. The molecule has 0 spiro atoms. The topological polar surface area (TPSA) is 3.88 Å². The van der Waals surface area contributed by atoms with Crippen LogP contribution in [0, 0.1) is 6.92 Å². The zero-order chi connectivity index (χ0) is 19.6. The second-order valence-corrected chi connectivity index (χ2v) is 14.2. The van der Waals surface area contributed by atoms with Gasteiger partial charge < -0.3 is 0 Å². The van der Waals surface area contributed by atoms with Crippen LogP contribution < -0.4 is 9.75 Å². The molecule has 26 heavy (non-hydrogen) atoms. The van der Waals surface area contributed by atoms with Gasteiger partial charge in [-0.2, -0.15) is 0 Å². The third-order valence-electron chi connectivity index (χ3n) is 5.74. The first-order valence-electron chi connectivity index (χ1n) is 10.2. The molecule has 1 nitrogen and oxygen atoms in total. The van der Waals surface area contributed by atoms with Crippen LogP contribution in [-0.2, 0) is 7.05 Å². The van der Waals surface area contributed by atoms with Gasteiger partial charge in [-0.3, -0.25) is 0 Å². The van der Waals surface area contributed by atoms with E-state index in [1.807, 2.05) is 0 Å². The molecule has 2 rings (SSSR count). The maximum Gasteiger partial charge on any atom is 0.212 e. The molecule has 0 N–H and O–H groups in total. The third kappa shape index (κ3) is 4.28. The van der Waals surface area contributed by atoms with E-state index in [0.717, 1.165) is 0 Å². The van der Waals surface area contributed by atoms with Crippen LogP contribution in [0.2, 0.25) is 19.6 Å². The average molecular weight is 369 g/mol. The fourth-order valence-electron chi connectivity index (χ4n) is 3.92. The lowest BCUT2D eigenvalue weighted by molar-refractivity contribution is -0.660. The van der Waals surface area contributed by atoms with Crippen LogP contribution >= 0.6 is 0 Å². The normalized spacial score (nSPS) is 12.3. The minimum Gasteiger partial charge on any atom is -0.201 e. The van der Waals surface area contributed by atoms with E-state index >= 15 is 0 Å². The van der Waals surface area contributed by atoms with Crippen molar-refractivity contribution in [2.75, 3.05) is 0 Å². The lowest BCUT2D eigenvalue weighted by Crippen LogP contribution is -2.45. The Kier molecular flexibility index (Phi) is 6.49. The minimum absolute atomic E-state index is 0.556. The number of pyridine rings is 1. The maximum absolute atomic E-state index is 2.52. The van der Waals surface area contributed by atoms with Gasteiger partial charge in [-0.1, -0.05) is 59.5 Å². The molecule has 0 aliphatic heterocycles. The van der Waals surface area contributed by atoms with Crippen LogP contribution in [-0.4, -0.2) is 8.07 Å². The largest absolute Gasteiger partial charge is 0.212 e. The Morgan fingerprint density at radius 2 is 1.62 bits per heavy atom. The SMILES string of the molecule is CCC(CC)c1c[n+](C)c(-c2cc(C(C)C)ccc2C)cc1[Si](C)(C)C. The quantitative estimate of drug-likeness (QED) is 0.431. The first-order chi connectivity index (χ1) is 12.1. The van der Waals surface area contributed by atoms with Gasteiger partial charge >= 0.3 is 0 Å². The Morgan fingerprint density at radius 3 is 2.12 bits per heavy atom. The molecule has 0 bridgehead atoms. The van der Waals surface area contributed by atoms with E-state index in [4.69, 9.17) is 0 Å². The lowest BCUT2D eigenvalue weighted by atomic mass is 9.93. The Balaban J connectivity index is 2.74. The predicted molar refractivity (Wildman–Crippen MR) is 118 cm³/mol. The number of aryl methyl sites for hydroxylation is 2. The van der Waals surface area contributed by atoms with Gasteiger partial charge in [0.15, 0.2) is 6.20 Å². The number of nitrogens with zero attached hydrogens (tertiary/aromatic N) is 1. The van der Waals surface area contributed by atoms with E-state index in [1.165, 1.54) is 35.2 Å². The molecule has 1 heterocycles. The van der Waals surface area contributed by atoms with Gasteiger partial charge in [0.05, 0.1) is 8.07 Å². The summed E-state index contributed by atoms with van der Waals surface area (Å²) in [6.45, 7) is 18.9. The molecule has 0 amide bonds. The van der Waals surface area contributed by atoms with Gasteiger partial charge in [0.1, 0.15) is 7.05 Å².